The Morgan fingerprint density at radius 1 is 1.00 bits per heavy atom. The lowest BCUT2D eigenvalue weighted by molar-refractivity contribution is 0.866. The second-order valence-corrected chi connectivity index (χ2v) is 3.26. The Morgan fingerprint density at radius 3 is 1.88 bits per heavy atom. The summed E-state index contributed by atoms with van der Waals surface area (Å²) in [6.45, 7) is 12.5. The zero-order valence-corrected chi connectivity index (χ0v) is 11.3. The standard InChI is InChI=1S/C13H19N.C2H6/c1-4-7-12-8-10-13(11-9-12)14(5-2)6-3;1-2/h4,7-11H,5-6H2,1-3H3;1-2H3/b7-4+;. The molecule has 1 nitrogen and oxygen atoms in total. The van der Waals surface area contributed by atoms with Gasteiger partial charge >= 0.3 is 0 Å². The predicted molar refractivity (Wildman–Crippen MR) is 76.1 cm³/mol. The summed E-state index contributed by atoms with van der Waals surface area (Å²) >= 11 is 0. The van der Waals surface area contributed by atoms with Crippen LogP contribution in [0.3, 0.4) is 0 Å². The van der Waals surface area contributed by atoms with Crippen LogP contribution in [0.25, 0.3) is 6.08 Å². The van der Waals surface area contributed by atoms with Crippen LogP contribution in [0.5, 0.6) is 0 Å². The lowest BCUT2D eigenvalue weighted by Crippen LogP contribution is -2.21. The summed E-state index contributed by atoms with van der Waals surface area (Å²) in [7, 11) is 0. The third-order valence-corrected chi connectivity index (χ3v) is 2.38. The molecule has 0 N–H and O–H groups in total. The molecule has 0 saturated heterocycles. The van der Waals surface area contributed by atoms with Gasteiger partial charge in [0.15, 0.2) is 0 Å². The van der Waals surface area contributed by atoms with Crippen molar-refractivity contribution >= 4 is 11.8 Å². The summed E-state index contributed by atoms with van der Waals surface area (Å²) in [6, 6.07) is 8.69. The molecule has 0 radical (unpaired) electrons. The molecule has 0 spiro atoms. The SMILES string of the molecule is C/C=C/c1ccc(N(CC)CC)cc1.CC. The quantitative estimate of drug-likeness (QED) is 0.715. The van der Waals surface area contributed by atoms with Crippen LogP contribution in [0.4, 0.5) is 5.69 Å². The molecule has 0 saturated carbocycles. The second-order valence-electron chi connectivity index (χ2n) is 3.26. The Kier molecular flexibility index (Phi) is 8.32. The fourth-order valence-corrected chi connectivity index (χ4v) is 1.58. The van der Waals surface area contributed by atoms with Crippen LogP contribution in [0.15, 0.2) is 30.3 Å². The van der Waals surface area contributed by atoms with Crippen LogP contribution in [0, 0.1) is 0 Å². The zero-order chi connectivity index (χ0) is 12.4. The molecule has 0 aliphatic carbocycles. The molecule has 0 atom stereocenters. The lowest BCUT2D eigenvalue weighted by atomic mass is 10.2. The number of nitrogens with zero attached hydrogens (tertiary/aromatic N) is 1. The largest absolute Gasteiger partial charge is 0.372 e. The summed E-state index contributed by atoms with van der Waals surface area (Å²) in [5, 5.41) is 0. The van der Waals surface area contributed by atoms with Crippen molar-refractivity contribution in [2.75, 3.05) is 18.0 Å². The average Bonchev–Trinajstić information content (AvgIpc) is 2.36. The van der Waals surface area contributed by atoms with Gasteiger partial charge in [0, 0.05) is 18.8 Å². The van der Waals surface area contributed by atoms with E-state index in [0.29, 0.717) is 0 Å². The number of hydrogen-bond donors (Lipinski definition) is 0. The number of allylic oxidation sites excluding steroid dienone is 1. The van der Waals surface area contributed by atoms with E-state index in [2.05, 4.69) is 55.2 Å². The molecule has 0 aliphatic heterocycles. The molecule has 1 aromatic rings. The van der Waals surface area contributed by atoms with E-state index in [0.717, 1.165) is 13.1 Å². The van der Waals surface area contributed by atoms with E-state index in [9.17, 15) is 0 Å². The van der Waals surface area contributed by atoms with Gasteiger partial charge in [-0.25, -0.2) is 0 Å². The molecule has 0 bridgehead atoms. The zero-order valence-electron chi connectivity index (χ0n) is 11.3. The van der Waals surface area contributed by atoms with Gasteiger partial charge in [0.05, 0.1) is 0 Å². The minimum absolute atomic E-state index is 1.07. The van der Waals surface area contributed by atoms with Gasteiger partial charge in [-0.1, -0.05) is 38.1 Å². The first-order valence-corrected chi connectivity index (χ1v) is 6.29. The maximum absolute atomic E-state index is 2.35. The van der Waals surface area contributed by atoms with Gasteiger partial charge in [-0.3, -0.25) is 0 Å². The van der Waals surface area contributed by atoms with Gasteiger partial charge in [0.25, 0.3) is 0 Å². The summed E-state index contributed by atoms with van der Waals surface area (Å²) in [4.78, 5) is 2.35. The smallest absolute Gasteiger partial charge is 0.0366 e. The van der Waals surface area contributed by atoms with Crippen LogP contribution in [-0.2, 0) is 0 Å². The first kappa shape index (κ1) is 14.8. The van der Waals surface area contributed by atoms with Crippen LogP contribution in [0.2, 0.25) is 0 Å². The van der Waals surface area contributed by atoms with Gasteiger partial charge < -0.3 is 4.90 Å². The molecule has 90 valence electrons. The Labute approximate surface area is 101 Å². The van der Waals surface area contributed by atoms with Gasteiger partial charge in [-0.2, -0.15) is 0 Å². The highest BCUT2D eigenvalue weighted by Crippen LogP contribution is 2.15. The lowest BCUT2D eigenvalue weighted by Gasteiger charge is -2.20. The van der Waals surface area contributed by atoms with Crippen molar-refractivity contribution in [2.45, 2.75) is 34.6 Å². The molecule has 16 heavy (non-hydrogen) atoms. The van der Waals surface area contributed by atoms with Crippen molar-refractivity contribution in [3.63, 3.8) is 0 Å². The van der Waals surface area contributed by atoms with Crippen LogP contribution in [-0.4, -0.2) is 13.1 Å². The molecule has 0 heterocycles. The summed E-state index contributed by atoms with van der Waals surface area (Å²) < 4.78 is 0. The van der Waals surface area contributed by atoms with E-state index in [1.807, 2.05) is 20.8 Å². The van der Waals surface area contributed by atoms with Crippen LogP contribution in [0.1, 0.15) is 40.2 Å². The second kappa shape index (κ2) is 9.02. The van der Waals surface area contributed by atoms with Crippen molar-refractivity contribution < 1.29 is 0 Å². The Balaban J connectivity index is 0.00000106. The minimum Gasteiger partial charge on any atom is -0.372 e. The molecule has 0 aromatic heterocycles. The van der Waals surface area contributed by atoms with Crippen molar-refractivity contribution in [1.82, 2.24) is 0 Å². The highest BCUT2D eigenvalue weighted by atomic mass is 15.1. The summed E-state index contributed by atoms with van der Waals surface area (Å²) in [5.74, 6) is 0. The van der Waals surface area contributed by atoms with Gasteiger partial charge in [-0.05, 0) is 38.5 Å². The first-order valence-electron chi connectivity index (χ1n) is 6.29. The highest BCUT2D eigenvalue weighted by Gasteiger charge is 1.99. The van der Waals surface area contributed by atoms with Crippen molar-refractivity contribution in [3.05, 3.63) is 35.9 Å². The van der Waals surface area contributed by atoms with Gasteiger partial charge in [0.1, 0.15) is 0 Å². The Hall–Kier alpha value is -1.24. The van der Waals surface area contributed by atoms with E-state index in [-0.39, 0.29) is 0 Å². The van der Waals surface area contributed by atoms with Crippen LogP contribution >= 0.6 is 0 Å². The summed E-state index contributed by atoms with van der Waals surface area (Å²) in [6.07, 6.45) is 4.18. The normalized spacial score (nSPS) is 9.81. The van der Waals surface area contributed by atoms with Crippen molar-refractivity contribution in [2.24, 2.45) is 0 Å². The maximum atomic E-state index is 2.35. The molecular formula is C15H25N. The molecular weight excluding hydrogens is 194 g/mol. The topological polar surface area (TPSA) is 3.24 Å². The van der Waals surface area contributed by atoms with Gasteiger partial charge in [0.2, 0.25) is 0 Å². The highest BCUT2D eigenvalue weighted by molar-refractivity contribution is 5.55. The monoisotopic (exact) mass is 219 g/mol. The molecule has 0 fully saturated rings. The molecule has 0 unspecified atom stereocenters. The number of rotatable bonds is 4. The number of hydrogen-bond acceptors (Lipinski definition) is 1. The number of anilines is 1. The van der Waals surface area contributed by atoms with E-state index in [1.165, 1.54) is 11.3 Å². The third-order valence-electron chi connectivity index (χ3n) is 2.38. The fourth-order valence-electron chi connectivity index (χ4n) is 1.58. The van der Waals surface area contributed by atoms with Crippen LogP contribution < -0.4 is 4.90 Å². The van der Waals surface area contributed by atoms with E-state index >= 15 is 0 Å². The summed E-state index contributed by atoms with van der Waals surface area (Å²) in [5.41, 5.74) is 2.58. The minimum atomic E-state index is 1.07. The number of benzene rings is 1. The Morgan fingerprint density at radius 2 is 1.50 bits per heavy atom. The maximum Gasteiger partial charge on any atom is 0.0366 e. The average molecular weight is 219 g/mol. The molecule has 0 aliphatic rings. The van der Waals surface area contributed by atoms with E-state index < -0.39 is 0 Å². The van der Waals surface area contributed by atoms with E-state index in [4.69, 9.17) is 0 Å². The first-order chi connectivity index (χ1) is 7.81. The third kappa shape index (κ3) is 4.52. The van der Waals surface area contributed by atoms with Crippen molar-refractivity contribution in [1.29, 1.82) is 0 Å². The fraction of sp³-hybridized carbons (Fsp3) is 0.467. The Bertz CT molecular complexity index is 281. The molecule has 1 heteroatoms. The van der Waals surface area contributed by atoms with Crippen molar-refractivity contribution in [3.8, 4) is 0 Å². The van der Waals surface area contributed by atoms with E-state index in [1.54, 1.807) is 0 Å². The molecule has 0 amide bonds. The van der Waals surface area contributed by atoms with Gasteiger partial charge in [-0.15, -0.1) is 0 Å². The molecule has 1 rings (SSSR count). The molecule has 1 aromatic carbocycles. The predicted octanol–water partition coefficient (Wildman–Crippen LogP) is 4.59.